The van der Waals surface area contributed by atoms with Gasteiger partial charge >= 0.3 is 0 Å². The molecule has 46 valence electrons. The molecule has 1 nitrogen and oxygen atoms in total. The number of rotatable bonds is 3. The minimum atomic E-state index is 0.241. The van der Waals surface area contributed by atoms with E-state index < -0.39 is 0 Å². The lowest BCUT2D eigenvalue weighted by molar-refractivity contribution is 0.760. The second kappa shape index (κ2) is 5.02. The van der Waals surface area contributed by atoms with Gasteiger partial charge in [0, 0.05) is 5.75 Å². The van der Waals surface area contributed by atoms with Gasteiger partial charge in [-0.25, -0.2) is 0 Å². The number of terminal acetylenes is 1. The van der Waals surface area contributed by atoms with Crippen LogP contribution in [0, 0.1) is 12.3 Å². The van der Waals surface area contributed by atoms with Crippen LogP contribution in [0.5, 0.6) is 0 Å². The highest BCUT2D eigenvalue weighted by Gasteiger charge is 1.95. The molecular formula is C6H11NS. The summed E-state index contributed by atoms with van der Waals surface area (Å²) in [6.07, 6.45) is 7.19. The predicted molar refractivity (Wildman–Crippen MR) is 40.1 cm³/mol. The zero-order valence-electron chi connectivity index (χ0n) is 5.27. The summed E-state index contributed by atoms with van der Waals surface area (Å²) in [5.41, 5.74) is 0. The standard InChI is InChI=1S/C6H11NS/c1-4-6(7-2)5-8-3/h1,6-7H,5H2,2-3H3. The van der Waals surface area contributed by atoms with Crippen LogP contribution in [-0.2, 0) is 0 Å². The molecule has 0 aliphatic rings. The Hall–Kier alpha value is -0.130. The average Bonchev–Trinajstić information content (AvgIpc) is 1.83. The van der Waals surface area contributed by atoms with E-state index in [1.54, 1.807) is 11.8 Å². The molecule has 2 heteroatoms. The highest BCUT2D eigenvalue weighted by atomic mass is 32.2. The molecule has 1 unspecified atom stereocenters. The summed E-state index contributed by atoms with van der Waals surface area (Å²) in [5, 5.41) is 3.00. The van der Waals surface area contributed by atoms with Crippen LogP contribution in [0.15, 0.2) is 0 Å². The van der Waals surface area contributed by atoms with Crippen molar-refractivity contribution in [1.29, 1.82) is 0 Å². The molecular weight excluding hydrogens is 118 g/mol. The first kappa shape index (κ1) is 7.87. The molecule has 0 radical (unpaired) electrons. The summed E-state index contributed by atoms with van der Waals surface area (Å²) in [7, 11) is 1.88. The van der Waals surface area contributed by atoms with Crippen LogP contribution in [-0.4, -0.2) is 25.1 Å². The number of nitrogens with one attached hydrogen (secondary N) is 1. The molecule has 0 bridgehead atoms. The van der Waals surface area contributed by atoms with Crippen molar-refractivity contribution in [3.05, 3.63) is 0 Å². The normalized spacial score (nSPS) is 12.6. The molecule has 1 N–H and O–H groups in total. The molecule has 1 atom stereocenters. The van der Waals surface area contributed by atoms with Gasteiger partial charge in [0.15, 0.2) is 0 Å². The summed E-state index contributed by atoms with van der Waals surface area (Å²) in [4.78, 5) is 0. The Morgan fingerprint density at radius 1 is 1.88 bits per heavy atom. The van der Waals surface area contributed by atoms with Crippen molar-refractivity contribution < 1.29 is 0 Å². The van der Waals surface area contributed by atoms with Gasteiger partial charge in [-0.15, -0.1) is 6.42 Å². The molecule has 0 heterocycles. The van der Waals surface area contributed by atoms with Crippen molar-refractivity contribution >= 4 is 11.8 Å². The van der Waals surface area contributed by atoms with E-state index in [4.69, 9.17) is 6.42 Å². The van der Waals surface area contributed by atoms with Gasteiger partial charge < -0.3 is 5.32 Å². The van der Waals surface area contributed by atoms with E-state index in [9.17, 15) is 0 Å². The summed E-state index contributed by atoms with van der Waals surface area (Å²) >= 11 is 1.75. The average molecular weight is 129 g/mol. The maximum absolute atomic E-state index is 5.14. The smallest absolute Gasteiger partial charge is 0.0776 e. The molecule has 0 aliphatic heterocycles. The van der Waals surface area contributed by atoms with Crippen molar-refractivity contribution in [2.45, 2.75) is 6.04 Å². The third-order valence-corrected chi connectivity index (χ3v) is 1.55. The molecule has 0 aliphatic carbocycles. The number of hydrogen-bond donors (Lipinski definition) is 1. The van der Waals surface area contributed by atoms with E-state index in [-0.39, 0.29) is 6.04 Å². The molecule has 0 amide bonds. The molecule has 0 aromatic rings. The maximum atomic E-state index is 5.14. The van der Waals surface area contributed by atoms with E-state index in [1.807, 2.05) is 13.3 Å². The Balaban J connectivity index is 3.26. The largest absolute Gasteiger partial charge is 0.306 e. The highest BCUT2D eigenvalue weighted by Crippen LogP contribution is 1.93. The van der Waals surface area contributed by atoms with Crippen LogP contribution < -0.4 is 5.32 Å². The number of hydrogen-bond acceptors (Lipinski definition) is 2. The lowest BCUT2D eigenvalue weighted by atomic mass is 10.4. The zero-order chi connectivity index (χ0) is 6.41. The van der Waals surface area contributed by atoms with Gasteiger partial charge in [-0.2, -0.15) is 11.8 Å². The van der Waals surface area contributed by atoms with Crippen molar-refractivity contribution in [3.63, 3.8) is 0 Å². The Morgan fingerprint density at radius 2 is 2.50 bits per heavy atom. The van der Waals surface area contributed by atoms with Crippen molar-refractivity contribution in [3.8, 4) is 12.3 Å². The molecule has 0 aromatic heterocycles. The van der Waals surface area contributed by atoms with E-state index in [1.165, 1.54) is 0 Å². The van der Waals surface area contributed by atoms with Crippen LogP contribution in [0.2, 0.25) is 0 Å². The van der Waals surface area contributed by atoms with Gasteiger partial charge in [0.1, 0.15) is 0 Å². The van der Waals surface area contributed by atoms with Crippen molar-refractivity contribution in [1.82, 2.24) is 5.32 Å². The lowest BCUT2D eigenvalue weighted by Crippen LogP contribution is -2.25. The van der Waals surface area contributed by atoms with Crippen LogP contribution >= 0.6 is 11.8 Å². The van der Waals surface area contributed by atoms with E-state index >= 15 is 0 Å². The highest BCUT2D eigenvalue weighted by molar-refractivity contribution is 7.98. The first-order valence-corrected chi connectivity index (χ1v) is 3.87. The van der Waals surface area contributed by atoms with Gasteiger partial charge in [-0.1, -0.05) is 5.92 Å². The van der Waals surface area contributed by atoms with Gasteiger partial charge in [-0.3, -0.25) is 0 Å². The number of thioether (sulfide) groups is 1. The fourth-order valence-corrected chi connectivity index (χ4v) is 0.978. The lowest BCUT2D eigenvalue weighted by Gasteiger charge is -2.04. The Morgan fingerprint density at radius 3 is 2.62 bits per heavy atom. The Kier molecular flexibility index (Phi) is 4.93. The maximum Gasteiger partial charge on any atom is 0.0776 e. The van der Waals surface area contributed by atoms with Crippen molar-refractivity contribution in [2.24, 2.45) is 0 Å². The van der Waals surface area contributed by atoms with Gasteiger partial charge in [0.05, 0.1) is 6.04 Å². The van der Waals surface area contributed by atoms with E-state index in [2.05, 4.69) is 11.2 Å². The van der Waals surface area contributed by atoms with Crippen LogP contribution in [0.4, 0.5) is 0 Å². The first-order chi connectivity index (χ1) is 3.85. The van der Waals surface area contributed by atoms with Crippen LogP contribution in [0.3, 0.4) is 0 Å². The minimum Gasteiger partial charge on any atom is -0.306 e. The molecule has 8 heavy (non-hydrogen) atoms. The molecule has 0 rings (SSSR count). The van der Waals surface area contributed by atoms with Gasteiger partial charge in [-0.05, 0) is 13.3 Å². The molecule has 0 fully saturated rings. The second-order valence-corrected chi connectivity index (χ2v) is 2.37. The SMILES string of the molecule is C#CC(CSC)NC. The second-order valence-electron chi connectivity index (χ2n) is 1.46. The molecule has 0 saturated heterocycles. The summed E-state index contributed by atoms with van der Waals surface area (Å²) < 4.78 is 0. The van der Waals surface area contributed by atoms with Crippen molar-refractivity contribution in [2.75, 3.05) is 19.1 Å². The van der Waals surface area contributed by atoms with Crippen LogP contribution in [0.1, 0.15) is 0 Å². The van der Waals surface area contributed by atoms with E-state index in [0.717, 1.165) is 5.75 Å². The molecule has 0 aromatic carbocycles. The summed E-state index contributed by atoms with van der Waals surface area (Å²) in [5.74, 6) is 3.61. The summed E-state index contributed by atoms with van der Waals surface area (Å²) in [6, 6.07) is 0.241. The monoisotopic (exact) mass is 129 g/mol. The fraction of sp³-hybridized carbons (Fsp3) is 0.667. The van der Waals surface area contributed by atoms with Gasteiger partial charge in [0.2, 0.25) is 0 Å². The molecule has 0 spiro atoms. The topological polar surface area (TPSA) is 12.0 Å². The Bertz CT molecular complexity index is 85.0. The Labute approximate surface area is 55.2 Å². The first-order valence-electron chi connectivity index (χ1n) is 2.47. The molecule has 0 saturated carbocycles. The third kappa shape index (κ3) is 2.95. The van der Waals surface area contributed by atoms with Gasteiger partial charge in [0.25, 0.3) is 0 Å². The summed E-state index contributed by atoms with van der Waals surface area (Å²) in [6.45, 7) is 0. The third-order valence-electron chi connectivity index (χ3n) is 0.883. The predicted octanol–water partition coefficient (Wildman–Crippen LogP) is 0.571. The van der Waals surface area contributed by atoms with E-state index in [0.29, 0.717) is 0 Å². The zero-order valence-corrected chi connectivity index (χ0v) is 6.09. The fourth-order valence-electron chi connectivity index (χ4n) is 0.381. The van der Waals surface area contributed by atoms with Crippen LogP contribution in [0.25, 0.3) is 0 Å². The minimum absolute atomic E-state index is 0.241. The quantitative estimate of drug-likeness (QED) is 0.559.